The maximum Gasteiger partial charge on any atom is 0.573 e. The molecule has 1 aliphatic rings. The Hall–Kier alpha value is -2.21. The number of nitrogens with zero attached hydrogens (tertiary/aromatic N) is 2. The lowest BCUT2D eigenvalue weighted by Gasteiger charge is -2.20. The molecule has 170 valence electrons. The maximum atomic E-state index is 12.5. The van der Waals surface area contributed by atoms with Crippen molar-refractivity contribution in [2.75, 3.05) is 32.7 Å². The normalized spacial score (nSPS) is 19.6. The van der Waals surface area contributed by atoms with Crippen LogP contribution in [-0.4, -0.2) is 67.3 Å². The highest BCUT2D eigenvalue weighted by Gasteiger charge is 2.34. The van der Waals surface area contributed by atoms with Gasteiger partial charge in [-0.3, -0.25) is 9.89 Å². The molecule has 12 heteroatoms. The Kier molecular flexibility index (Phi) is 8.18. The Labute approximate surface area is 169 Å². The fourth-order valence-corrected chi connectivity index (χ4v) is 3.04. The van der Waals surface area contributed by atoms with E-state index in [2.05, 4.69) is 20.4 Å². The summed E-state index contributed by atoms with van der Waals surface area (Å²) in [5.74, 6) is -0.0611. The summed E-state index contributed by atoms with van der Waals surface area (Å²) in [6.07, 6.45) is -9.61. The zero-order valence-electron chi connectivity index (χ0n) is 16.2. The molecule has 0 spiro atoms. The second kappa shape index (κ2) is 10.2. The van der Waals surface area contributed by atoms with Crippen LogP contribution in [0, 0.1) is 0 Å². The first-order valence-corrected chi connectivity index (χ1v) is 9.33. The molecule has 2 atom stereocenters. The summed E-state index contributed by atoms with van der Waals surface area (Å²) in [5.41, 5.74) is 0.348. The van der Waals surface area contributed by atoms with E-state index >= 15 is 0 Å². The van der Waals surface area contributed by atoms with Crippen LogP contribution >= 0.6 is 0 Å². The number of halogens is 6. The number of ether oxygens (including phenoxy) is 1. The van der Waals surface area contributed by atoms with Crippen LogP contribution in [0.2, 0.25) is 0 Å². The van der Waals surface area contributed by atoms with Gasteiger partial charge in [0.05, 0.1) is 19.2 Å². The number of alkyl halides is 6. The molecular weight excluding hydrogens is 418 g/mol. The summed E-state index contributed by atoms with van der Waals surface area (Å²) < 4.78 is 77.9. The zero-order chi connectivity index (χ0) is 22.4. The fourth-order valence-electron chi connectivity index (χ4n) is 3.04. The van der Waals surface area contributed by atoms with Gasteiger partial charge in [-0.1, -0.05) is 12.1 Å². The average molecular weight is 442 g/mol. The summed E-state index contributed by atoms with van der Waals surface area (Å²) in [4.78, 5) is 5.53. The van der Waals surface area contributed by atoms with Crippen molar-refractivity contribution in [3.63, 3.8) is 0 Å². The highest BCUT2D eigenvalue weighted by atomic mass is 19.4. The summed E-state index contributed by atoms with van der Waals surface area (Å²) in [7, 11) is 0. The van der Waals surface area contributed by atoms with E-state index in [9.17, 15) is 31.4 Å². The van der Waals surface area contributed by atoms with E-state index < -0.39 is 30.9 Å². The average Bonchev–Trinajstić information content (AvgIpc) is 3.03. The molecule has 0 saturated carbocycles. The monoisotopic (exact) mass is 442 g/mol. The second-order valence-corrected chi connectivity index (χ2v) is 6.83. The molecule has 0 aliphatic carbocycles. The number of likely N-dealkylation sites (tertiary alicyclic amines) is 1. The van der Waals surface area contributed by atoms with Gasteiger partial charge in [0, 0.05) is 25.7 Å². The van der Waals surface area contributed by atoms with Gasteiger partial charge >= 0.3 is 12.5 Å². The number of hydrogen-bond acceptors (Lipinski definition) is 4. The van der Waals surface area contributed by atoms with Gasteiger partial charge in [0.2, 0.25) is 0 Å². The van der Waals surface area contributed by atoms with Crippen LogP contribution in [-0.2, 0) is 0 Å². The number of nitrogens with one attached hydrogen (secondary N) is 2. The van der Waals surface area contributed by atoms with Crippen LogP contribution in [0.15, 0.2) is 29.3 Å². The summed E-state index contributed by atoms with van der Waals surface area (Å²) >= 11 is 0. The highest BCUT2D eigenvalue weighted by Crippen LogP contribution is 2.24. The highest BCUT2D eigenvalue weighted by molar-refractivity contribution is 5.80. The van der Waals surface area contributed by atoms with Crippen molar-refractivity contribution < 1.29 is 36.2 Å². The van der Waals surface area contributed by atoms with Gasteiger partial charge in [-0.05, 0) is 31.0 Å². The molecule has 1 fully saturated rings. The number of aliphatic hydroxyl groups is 1. The first-order chi connectivity index (χ1) is 13.9. The van der Waals surface area contributed by atoms with E-state index in [1.807, 2.05) is 6.92 Å². The maximum absolute atomic E-state index is 12.5. The van der Waals surface area contributed by atoms with Gasteiger partial charge in [-0.2, -0.15) is 13.2 Å². The first kappa shape index (κ1) is 24.1. The van der Waals surface area contributed by atoms with E-state index in [1.165, 1.54) is 17.0 Å². The Morgan fingerprint density at radius 1 is 1.23 bits per heavy atom. The van der Waals surface area contributed by atoms with Gasteiger partial charge in [0.25, 0.3) is 0 Å². The van der Waals surface area contributed by atoms with E-state index in [0.29, 0.717) is 31.0 Å². The SMILES string of the molecule is CCNC(=NCC(O)c1ccc(OC(F)(F)F)cc1)NC1CCN(CC(F)(F)F)C1. The largest absolute Gasteiger partial charge is 0.573 e. The van der Waals surface area contributed by atoms with E-state index in [1.54, 1.807) is 0 Å². The van der Waals surface area contributed by atoms with Crippen LogP contribution < -0.4 is 15.4 Å². The van der Waals surface area contributed by atoms with Gasteiger partial charge in [0.15, 0.2) is 5.96 Å². The summed E-state index contributed by atoms with van der Waals surface area (Å²) in [6, 6.07) is 4.56. The number of guanidine groups is 1. The third-order valence-electron chi connectivity index (χ3n) is 4.28. The topological polar surface area (TPSA) is 69.1 Å². The minimum atomic E-state index is -4.80. The van der Waals surface area contributed by atoms with Gasteiger partial charge < -0.3 is 20.5 Å². The molecular formula is C18H24F6N4O2. The van der Waals surface area contributed by atoms with Gasteiger partial charge in [-0.25, -0.2) is 0 Å². The standard InChI is InChI=1S/C18H24F6N4O2/c1-2-25-16(27-13-7-8-28(10-13)11-17(19,20)21)26-9-15(29)12-3-5-14(6-4-12)30-18(22,23)24/h3-6,13,15,29H,2,7-11H2,1H3,(H2,25,26,27). The van der Waals surface area contributed by atoms with Crippen molar-refractivity contribution in [3.8, 4) is 5.75 Å². The molecule has 0 amide bonds. The molecule has 0 radical (unpaired) electrons. The Balaban J connectivity index is 1.91. The van der Waals surface area contributed by atoms with Crippen LogP contribution in [0.1, 0.15) is 25.0 Å². The summed E-state index contributed by atoms with van der Waals surface area (Å²) in [5, 5.41) is 16.2. The molecule has 0 aromatic heterocycles. The van der Waals surface area contributed by atoms with E-state index in [-0.39, 0.29) is 19.1 Å². The molecule has 30 heavy (non-hydrogen) atoms. The lowest BCUT2D eigenvalue weighted by molar-refractivity contribution is -0.274. The molecule has 6 nitrogen and oxygen atoms in total. The third kappa shape index (κ3) is 8.66. The second-order valence-electron chi connectivity index (χ2n) is 6.83. The molecule has 1 aromatic rings. The van der Waals surface area contributed by atoms with Crippen molar-refractivity contribution >= 4 is 5.96 Å². The Morgan fingerprint density at radius 2 is 1.90 bits per heavy atom. The van der Waals surface area contributed by atoms with Crippen molar-refractivity contribution in [1.82, 2.24) is 15.5 Å². The number of rotatable bonds is 7. The molecule has 2 unspecified atom stereocenters. The van der Waals surface area contributed by atoms with E-state index in [0.717, 1.165) is 12.1 Å². The molecule has 1 heterocycles. The lowest BCUT2D eigenvalue weighted by atomic mass is 10.1. The predicted molar refractivity (Wildman–Crippen MR) is 98.1 cm³/mol. The number of hydrogen-bond donors (Lipinski definition) is 3. The lowest BCUT2D eigenvalue weighted by Crippen LogP contribution is -2.45. The van der Waals surface area contributed by atoms with Crippen LogP contribution in [0.4, 0.5) is 26.3 Å². The van der Waals surface area contributed by atoms with Crippen molar-refractivity contribution in [2.45, 2.75) is 38.0 Å². The minimum absolute atomic E-state index is 0.0895. The van der Waals surface area contributed by atoms with E-state index in [4.69, 9.17) is 0 Å². The molecule has 3 N–H and O–H groups in total. The van der Waals surface area contributed by atoms with Crippen molar-refractivity contribution in [1.29, 1.82) is 0 Å². The first-order valence-electron chi connectivity index (χ1n) is 9.33. The molecule has 0 bridgehead atoms. The number of aliphatic hydroxyl groups excluding tert-OH is 1. The van der Waals surface area contributed by atoms with Crippen LogP contribution in [0.25, 0.3) is 0 Å². The molecule has 2 rings (SSSR count). The number of aliphatic imine (C=N–C) groups is 1. The van der Waals surface area contributed by atoms with Gasteiger partial charge in [-0.15, -0.1) is 13.2 Å². The fraction of sp³-hybridized carbons (Fsp3) is 0.611. The third-order valence-corrected chi connectivity index (χ3v) is 4.28. The molecule has 1 saturated heterocycles. The van der Waals surface area contributed by atoms with Gasteiger partial charge in [0.1, 0.15) is 5.75 Å². The predicted octanol–water partition coefficient (Wildman–Crippen LogP) is 2.81. The summed E-state index contributed by atoms with van der Waals surface area (Å²) in [6.45, 7) is 1.79. The quantitative estimate of drug-likeness (QED) is 0.344. The molecule has 1 aliphatic heterocycles. The van der Waals surface area contributed by atoms with Crippen molar-refractivity contribution in [2.24, 2.45) is 4.99 Å². The zero-order valence-corrected chi connectivity index (χ0v) is 16.2. The Bertz CT molecular complexity index is 693. The van der Waals surface area contributed by atoms with Crippen LogP contribution in [0.3, 0.4) is 0 Å². The smallest absolute Gasteiger partial charge is 0.406 e. The molecule has 1 aromatic carbocycles. The van der Waals surface area contributed by atoms with Crippen LogP contribution in [0.5, 0.6) is 5.75 Å². The number of benzene rings is 1. The van der Waals surface area contributed by atoms with Crippen molar-refractivity contribution in [3.05, 3.63) is 29.8 Å². The minimum Gasteiger partial charge on any atom is -0.406 e. The Morgan fingerprint density at radius 3 is 2.47 bits per heavy atom.